The lowest BCUT2D eigenvalue weighted by molar-refractivity contribution is -0.249. The molecule has 0 aromatic heterocycles. The van der Waals surface area contributed by atoms with Crippen LogP contribution in [-0.4, -0.2) is 38.3 Å². The number of carboxylic acid groups (broad SMARTS) is 1. The number of hydrogen-bond donors (Lipinski definition) is 4. The summed E-state index contributed by atoms with van der Waals surface area (Å²) in [6, 6.07) is 0. The van der Waals surface area contributed by atoms with Gasteiger partial charge in [-0.05, 0) is 97.7 Å². The van der Waals surface area contributed by atoms with Crippen LogP contribution in [0.2, 0.25) is 0 Å². The van der Waals surface area contributed by atoms with E-state index in [0.29, 0.717) is 11.3 Å². The maximum absolute atomic E-state index is 11.2. The first-order valence-electron chi connectivity index (χ1n) is 11.9. The average molecular weight is 409 g/mol. The average Bonchev–Trinajstić information content (AvgIpc) is 3.03. The Bertz CT molecular complexity index is 647. The first-order chi connectivity index (χ1) is 13.5. The maximum Gasteiger partial charge on any atom is 0.366 e. The zero-order valence-electron chi connectivity index (χ0n) is 18.3. The van der Waals surface area contributed by atoms with Gasteiger partial charge in [-0.3, -0.25) is 0 Å². The Morgan fingerprint density at radius 3 is 2.31 bits per heavy atom. The number of fused-ring (bicyclic) bond motifs is 5. The van der Waals surface area contributed by atoms with Crippen LogP contribution in [0.1, 0.15) is 85.0 Å². The molecule has 4 N–H and O–H groups in total. The summed E-state index contributed by atoms with van der Waals surface area (Å²) in [4.78, 5) is 11.2. The zero-order chi connectivity index (χ0) is 21.2. The molecule has 0 spiro atoms. The van der Waals surface area contributed by atoms with E-state index in [1.54, 1.807) is 6.92 Å². The summed E-state index contributed by atoms with van der Waals surface area (Å²) in [6.07, 6.45) is 10.9. The normalized spacial score (nSPS) is 46.9. The fourth-order valence-electron chi connectivity index (χ4n) is 8.91. The molecule has 4 saturated carbocycles. The van der Waals surface area contributed by atoms with Crippen LogP contribution in [0.15, 0.2) is 0 Å². The minimum Gasteiger partial charge on any atom is -0.477 e. The predicted octanol–water partition coefficient (Wildman–Crippen LogP) is 3.80. The molecule has 0 bridgehead atoms. The maximum atomic E-state index is 11.2. The monoisotopic (exact) mass is 408 g/mol. The summed E-state index contributed by atoms with van der Waals surface area (Å²) in [7, 11) is 0. The lowest BCUT2D eigenvalue weighted by Gasteiger charge is -2.61. The van der Waals surface area contributed by atoms with Crippen molar-refractivity contribution in [2.24, 2.45) is 46.3 Å². The molecule has 166 valence electrons. The molecule has 0 amide bonds. The van der Waals surface area contributed by atoms with Crippen LogP contribution in [0.4, 0.5) is 0 Å². The lowest BCUT2D eigenvalue weighted by atomic mass is 9.44. The van der Waals surface area contributed by atoms with E-state index in [-0.39, 0.29) is 11.3 Å². The number of carbonyl (C=O) groups is 1. The van der Waals surface area contributed by atoms with Gasteiger partial charge in [-0.1, -0.05) is 33.6 Å². The molecule has 4 aliphatic rings. The van der Waals surface area contributed by atoms with Gasteiger partial charge < -0.3 is 20.4 Å². The molecule has 9 atom stereocenters. The number of aliphatic hydroxyl groups is 3. The molecule has 29 heavy (non-hydrogen) atoms. The molecule has 4 fully saturated rings. The highest BCUT2D eigenvalue weighted by Gasteiger charge is 2.61. The van der Waals surface area contributed by atoms with E-state index < -0.39 is 23.8 Å². The second-order valence-electron chi connectivity index (χ2n) is 11.5. The van der Waals surface area contributed by atoms with Gasteiger partial charge in [0.2, 0.25) is 0 Å². The van der Waals surface area contributed by atoms with Gasteiger partial charge >= 0.3 is 5.97 Å². The third-order valence-electron chi connectivity index (χ3n) is 10.5. The Morgan fingerprint density at radius 2 is 1.62 bits per heavy atom. The first-order valence-corrected chi connectivity index (χ1v) is 11.9. The van der Waals surface area contributed by atoms with Crippen LogP contribution >= 0.6 is 0 Å². The molecule has 4 aliphatic carbocycles. The third-order valence-corrected chi connectivity index (χ3v) is 10.5. The van der Waals surface area contributed by atoms with Gasteiger partial charge in [0.05, 0.1) is 0 Å². The number of hydrogen-bond acceptors (Lipinski definition) is 4. The van der Waals surface area contributed by atoms with Gasteiger partial charge in [0.1, 0.15) is 6.10 Å². The van der Waals surface area contributed by atoms with Crippen molar-refractivity contribution in [3.8, 4) is 0 Å². The molecular weight excluding hydrogens is 368 g/mol. The van der Waals surface area contributed by atoms with Gasteiger partial charge in [-0.15, -0.1) is 0 Å². The molecule has 3 unspecified atom stereocenters. The lowest BCUT2D eigenvalue weighted by Crippen LogP contribution is -2.56. The van der Waals surface area contributed by atoms with E-state index in [4.69, 9.17) is 5.11 Å². The topological polar surface area (TPSA) is 98.0 Å². The van der Waals surface area contributed by atoms with Crippen LogP contribution < -0.4 is 0 Å². The SMILES string of the molecule is CC(C(O)C(O)(O)C(=O)O)[C@H]1CC[C@H]2[C@@H]3CCC4CCCC[C@]4(C)[C@H]3CC[C@]12C. The molecule has 0 heterocycles. The predicted molar refractivity (Wildman–Crippen MR) is 110 cm³/mol. The Morgan fingerprint density at radius 1 is 0.931 bits per heavy atom. The number of aliphatic hydroxyl groups excluding tert-OH is 1. The first kappa shape index (κ1) is 21.6. The van der Waals surface area contributed by atoms with Gasteiger partial charge in [-0.2, -0.15) is 0 Å². The van der Waals surface area contributed by atoms with Gasteiger partial charge in [-0.25, -0.2) is 4.79 Å². The zero-order valence-corrected chi connectivity index (χ0v) is 18.3. The summed E-state index contributed by atoms with van der Waals surface area (Å²) >= 11 is 0. The molecule has 4 rings (SSSR count). The fraction of sp³-hybridized carbons (Fsp3) is 0.958. The Hall–Kier alpha value is -0.650. The fourth-order valence-corrected chi connectivity index (χ4v) is 8.91. The van der Waals surface area contributed by atoms with E-state index in [2.05, 4.69) is 13.8 Å². The highest BCUT2D eigenvalue weighted by Crippen LogP contribution is 2.68. The van der Waals surface area contributed by atoms with E-state index in [1.807, 2.05) is 0 Å². The highest BCUT2D eigenvalue weighted by atomic mass is 16.6. The standard InChI is InChI=1S/C24H40O5/c1-14(20(25)24(28,29)21(26)27)17-9-10-18-16-8-7-15-6-4-5-12-22(15,2)19(16)11-13-23(17,18)3/h14-20,25,28-29H,4-13H2,1-3H3,(H,26,27)/t14?,15?,16-,17+,18-,19-,20?,22-,23+/m0/s1. The third kappa shape index (κ3) is 3.10. The van der Waals surface area contributed by atoms with Crippen LogP contribution in [0.25, 0.3) is 0 Å². The van der Waals surface area contributed by atoms with Gasteiger partial charge in [0, 0.05) is 0 Å². The van der Waals surface area contributed by atoms with Crippen molar-refractivity contribution >= 4 is 5.97 Å². The van der Waals surface area contributed by atoms with E-state index in [9.17, 15) is 20.1 Å². The van der Waals surface area contributed by atoms with Gasteiger partial charge in [0.15, 0.2) is 0 Å². The Labute approximate surface area is 174 Å². The Kier molecular flexibility index (Phi) is 5.36. The molecule has 5 heteroatoms. The number of carboxylic acids is 1. The number of rotatable bonds is 4. The molecule has 0 radical (unpaired) electrons. The summed E-state index contributed by atoms with van der Waals surface area (Å²) in [5, 5.41) is 39.5. The smallest absolute Gasteiger partial charge is 0.366 e. The largest absolute Gasteiger partial charge is 0.477 e. The van der Waals surface area contributed by atoms with E-state index in [1.165, 1.54) is 44.9 Å². The molecule has 0 aliphatic heterocycles. The minimum atomic E-state index is -3.08. The summed E-state index contributed by atoms with van der Waals surface area (Å²) in [6.45, 7) is 6.70. The number of aliphatic carboxylic acids is 1. The van der Waals surface area contributed by atoms with Crippen molar-refractivity contribution in [2.75, 3.05) is 0 Å². The van der Waals surface area contributed by atoms with Crippen molar-refractivity contribution in [1.29, 1.82) is 0 Å². The molecule has 0 aromatic rings. The van der Waals surface area contributed by atoms with E-state index >= 15 is 0 Å². The summed E-state index contributed by atoms with van der Waals surface area (Å²) < 4.78 is 0. The second-order valence-corrected chi connectivity index (χ2v) is 11.5. The van der Waals surface area contributed by atoms with Crippen molar-refractivity contribution in [1.82, 2.24) is 0 Å². The van der Waals surface area contributed by atoms with Crippen molar-refractivity contribution < 1.29 is 25.2 Å². The molecule has 5 nitrogen and oxygen atoms in total. The Balaban J connectivity index is 1.56. The van der Waals surface area contributed by atoms with Crippen LogP contribution in [0.5, 0.6) is 0 Å². The van der Waals surface area contributed by atoms with Crippen LogP contribution in [0.3, 0.4) is 0 Å². The van der Waals surface area contributed by atoms with Crippen molar-refractivity contribution in [3.05, 3.63) is 0 Å². The van der Waals surface area contributed by atoms with Crippen LogP contribution in [-0.2, 0) is 4.79 Å². The summed E-state index contributed by atoms with van der Waals surface area (Å²) in [5.41, 5.74) is 0.536. The summed E-state index contributed by atoms with van der Waals surface area (Å²) in [5.74, 6) is -2.17. The van der Waals surface area contributed by atoms with Gasteiger partial charge in [0.25, 0.3) is 5.79 Å². The van der Waals surface area contributed by atoms with E-state index in [0.717, 1.165) is 37.0 Å². The quantitative estimate of drug-likeness (QED) is 0.531. The minimum absolute atomic E-state index is 0.0496. The second kappa shape index (κ2) is 7.20. The molecule has 0 saturated heterocycles. The van der Waals surface area contributed by atoms with Crippen molar-refractivity contribution in [2.45, 2.75) is 96.9 Å². The van der Waals surface area contributed by atoms with Crippen molar-refractivity contribution in [3.63, 3.8) is 0 Å². The van der Waals surface area contributed by atoms with Crippen LogP contribution in [0, 0.1) is 46.3 Å². The molecular formula is C24H40O5. The molecule has 0 aromatic carbocycles. The highest BCUT2D eigenvalue weighted by molar-refractivity contribution is 5.75.